The standard InChI is InChI=1S/C12H15BrFNOS/c1-3-4-7(2)16-9-6-5-8(12(15)17)10(13)11(9)14/h5-7H,3-4H2,1-2H3,(H2,15,17). The summed E-state index contributed by atoms with van der Waals surface area (Å²) in [6.07, 6.45) is 1.86. The first-order valence-electron chi connectivity index (χ1n) is 5.41. The minimum absolute atomic E-state index is 0.0166. The lowest BCUT2D eigenvalue weighted by atomic mass is 10.2. The number of hydrogen-bond donors (Lipinski definition) is 1. The molecule has 1 rings (SSSR count). The summed E-state index contributed by atoms with van der Waals surface area (Å²) in [5, 5.41) is 0. The highest BCUT2D eigenvalue weighted by molar-refractivity contribution is 9.10. The van der Waals surface area contributed by atoms with Gasteiger partial charge in [-0.05, 0) is 41.4 Å². The summed E-state index contributed by atoms with van der Waals surface area (Å²) < 4.78 is 19.7. The van der Waals surface area contributed by atoms with Crippen molar-refractivity contribution in [1.82, 2.24) is 0 Å². The number of ether oxygens (including phenoxy) is 1. The Hall–Kier alpha value is -0.680. The molecule has 0 spiro atoms. The van der Waals surface area contributed by atoms with Crippen LogP contribution in [0.4, 0.5) is 4.39 Å². The lowest BCUT2D eigenvalue weighted by molar-refractivity contribution is 0.200. The van der Waals surface area contributed by atoms with Crippen LogP contribution in [0.25, 0.3) is 0 Å². The van der Waals surface area contributed by atoms with E-state index in [0.29, 0.717) is 5.56 Å². The first-order chi connectivity index (χ1) is 7.97. The van der Waals surface area contributed by atoms with Gasteiger partial charge < -0.3 is 10.5 Å². The Bertz CT molecular complexity index is 425. The highest BCUT2D eigenvalue weighted by atomic mass is 79.9. The van der Waals surface area contributed by atoms with E-state index in [0.717, 1.165) is 12.8 Å². The number of hydrogen-bond acceptors (Lipinski definition) is 2. The molecule has 0 aliphatic rings. The zero-order chi connectivity index (χ0) is 13.0. The minimum atomic E-state index is -0.460. The van der Waals surface area contributed by atoms with Crippen LogP contribution in [0.2, 0.25) is 0 Å². The molecule has 1 atom stereocenters. The number of benzene rings is 1. The molecule has 0 radical (unpaired) electrons. The predicted molar refractivity (Wildman–Crippen MR) is 75.0 cm³/mol. The maximum absolute atomic E-state index is 13.9. The van der Waals surface area contributed by atoms with Gasteiger partial charge in [-0.1, -0.05) is 25.6 Å². The molecule has 0 heterocycles. The van der Waals surface area contributed by atoms with Crippen molar-refractivity contribution < 1.29 is 9.13 Å². The summed E-state index contributed by atoms with van der Waals surface area (Å²) in [5.41, 5.74) is 5.96. The molecule has 0 aliphatic heterocycles. The van der Waals surface area contributed by atoms with Gasteiger partial charge in [-0.25, -0.2) is 4.39 Å². The molecule has 2 N–H and O–H groups in total. The molecule has 2 nitrogen and oxygen atoms in total. The van der Waals surface area contributed by atoms with Gasteiger partial charge in [-0.3, -0.25) is 0 Å². The zero-order valence-electron chi connectivity index (χ0n) is 9.80. The lowest BCUT2D eigenvalue weighted by Gasteiger charge is -2.15. The van der Waals surface area contributed by atoms with Gasteiger partial charge in [0.25, 0.3) is 0 Å². The average molecular weight is 320 g/mol. The molecule has 0 aromatic heterocycles. The van der Waals surface area contributed by atoms with Crippen molar-refractivity contribution in [2.75, 3.05) is 0 Å². The summed E-state index contributed by atoms with van der Waals surface area (Å²) in [6, 6.07) is 3.21. The van der Waals surface area contributed by atoms with Crippen LogP contribution in [0.1, 0.15) is 32.3 Å². The SMILES string of the molecule is CCCC(C)Oc1ccc(C(N)=S)c(Br)c1F. The van der Waals surface area contributed by atoms with Crippen molar-refractivity contribution in [2.45, 2.75) is 32.8 Å². The largest absolute Gasteiger partial charge is 0.488 e. The van der Waals surface area contributed by atoms with Crippen molar-refractivity contribution in [3.05, 3.63) is 28.0 Å². The molecule has 0 saturated carbocycles. The summed E-state index contributed by atoms with van der Waals surface area (Å²) >= 11 is 7.96. The van der Waals surface area contributed by atoms with Crippen LogP contribution in [0, 0.1) is 5.82 Å². The molecular weight excluding hydrogens is 305 g/mol. The van der Waals surface area contributed by atoms with Crippen molar-refractivity contribution >= 4 is 33.1 Å². The molecule has 1 aromatic rings. The van der Waals surface area contributed by atoms with Gasteiger partial charge in [0.1, 0.15) is 4.99 Å². The second-order valence-corrected chi connectivity index (χ2v) is 5.05. The van der Waals surface area contributed by atoms with Crippen LogP contribution in [-0.2, 0) is 0 Å². The van der Waals surface area contributed by atoms with E-state index in [1.165, 1.54) is 0 Å². The molecule has 0 fully saturated rings. The van der Waals surface area contributed by atoms with Gasteiger partial charge in [0, 0.05) is 5.56 Å². The topological polar surface area (TPSA) is 35.2 Å². The number of halogens is 2. The van der Waals surface area contributed by atoms with Crippen LogP contribution >= 0.6 is 28.1 Å². The van der Waals surface area contributed by atoms with E-state index in [2.05, 4.69) is 22.9 Å². The molecule has 1 aromatic carbocycles. The first-order valence-corrected chi connectivity index (χ1v) is 6.62. The van der Waals surface area contributed by atoms with Gasteiger partial charge in [0.15, 0.2) is 11.6 Å². The van der Waals surface area contributed by atoms with E-state index in [1.807, 2.05) is 6.92 Å². The number of rotatable bonds is 5. The molecular formula is C12H15BrFNOS. The Balaban J connectivity index is 2.96. The fourth-order valence-corrected chi connectivity index (χ4v) is 2.34. The Morgan fingerprint density at radius 1 is 1.59 bits per heavy atom. The van der Waals surface area contributed by atoms with E-state index in [1.54, 1.807) is 12.1 Å². The second-order valence-electron chi connectivity index (χ2n) is 3.82. The number of thiocarbonyl (C=S) groups is 1. The van der Waals surface area contributed by atoms with E-state index in [4.69, 9.17) is 22.7 Å². The van der Waals surface area contributed by atoms with Crippen LogP contribution in [0.3, 0.4) is 0 Å². The summed E-state index contributed by atoms with van der Waals surface area (Å²) in [7, 11) is 0. The molecule has 5 heteroatoms. The van der Waals surface area contributed by atoms with E-state index in [9.17, 15) is 4.39 Å². The first kappa shape index (κ1) is 14.4. The molecule has 0 saturated heterocycles. The van der Waals surface area contributed by atoms with Crippen molar-refractivity contribution in [2.24, 2.45) is 5.73 Å². The van der Waals surface area contributed by atoms with Crippen LogP contribution in [0.15, 0.2) is 16.6 Å². The predicted octanol–water partition coefficient (Wildman–Crippen LogP) is 3.79. The van der Waals surface area contributed by atoms with Gasteiger partial charge in [-0.2, -0.15) is 0 Å². The quantitative estimate of drug-likeness (QED) is 0.839. The molecule has 1 unspecified atom stereocenters. The fourth-order valence-electron chi connectivity index (χ4n) is 1.50. The average Bonchev–Trinajstić information content (AvgIpc) is 2.25. The normalized spacial score (nSPS) is 12.2. The lowest BCUT2D eigenvalue weighted by Crippen LogP contribution is -2.14. The van der Waals surface area contributed by atoms with E-state index < -0.39 is 5.82 Å². The third-order valence-corrected chi connectivity index (χ3v) is 3.33. The maximum Gasteiger partial charge on any atom is 0.179 e. The maximum atomic E-state index is 13.9. The third-order valence-electron chi connectivity index (χ3n) is 2.34. The van der Waals surface area contributed by atoms with E-state index >= 15 is 0 Å². The number of nitrogens with two attached hydrogens (primary N) is 1. The fraction of sp³-hybridized carbons (Fsp3) is 0.417. The van der Waals surface area contributed by atoms with E-state index in [-0.39, 0.29) is 21.3 Å². The van der Waals surface area contributed by atoms with Gasteiger partial charge in [0.2, 0.25) is 0 Å². The van der Waals surface area contributed by atoms with Crippen LogP contribution in [-0.4, -0.2) is 11.1 Å². The molecule has 17 heavy (non-hydrogen) atoms. The highest BCUT2D eigenvalue weighted by Crippen LogP contribution is 2.29. The highest BCUT2D eigenvalue weighted by Gasteiger charge is 2.15. The van der Waals surface area contributed by atoms with Crippen molar-refractivity contribution in [3.63, 3.8) is 0 Å². The monoisotopic (exact) mass is 319 g/mol. The van der Waals surface area contributed by atoms with Crippen molar-refractivity contribution in [3.8, 4) is 5.75 Å². The van der Waals surface area contributed by atoms with Gasteiger partial charge in [-0.15, -0.1) is 0 Å². The van der Waals surface area contributed by atoms with Gasteiger partial charge in [0.05, 0.1) is 10.6 Å². The molecule has 0 aliphatic carbocycles. The molecule has 0 bridgehead atoms. The zero-order valence-corrected chi connectivity index (χ0v) is 12.2. The van der Waals surface area contributed by atoms with Crippen LogP contribution < -0.4 is 10.5 Å². The summed E-state index contributed by atoms with van der Waals surface area (Å²) in [5.74, 6) is -0.240. The second kappa shape index (κ2) is 6.31. The Morgan fingerprint density at radius 3 is 2.76 bits per heavy atom. The third kappa shape index (κ3) is 3.64. The van der Waals surface area contributed by atoms with Crippen LogP contribution in [0.5, 0.6) is 5.75 Å². The smallest absolute Gasteiger partial charge is 0.179 e. The minimum Gasteiger partial charge on any atom is -0.488 e. The van der Waals surface area contributed by atoms with Crippen molar-refractivity contribution in [1.29, 1.82) is 0 Å². The summed E-state index contributed by atoms with van der Waals surface area (Å²) in [4.78, 5) is 0.156. The Morgan fingerprint density at radius 2 is 2.24 bits per heavy atom. The Labute approximate surface area is 114 Å². The van der Waals surface area contributed by atoms with Gasteiger partial charge >= 0.3 is 0 Å². The summed E-state index contributed by atoms with van der Waals surface area (Å²) in [6.45, 7) is 3.97. The Kier molecular flexibility index (Phi) is 5.33. The molecule has 0 amide bonds. The molecule has 94 valence electrons.